The van der Waals surface area contributed by atoms with E-state index in [2.05, 4.69) is 33.7 Å². The van der Waals surface area contributed by atoms with Crippen LogP contribution < -0.4 is 0 Å². The molecule has 34 heavy (non-hydrogen) atoms. The van der Waals surface area contributed by atoms with Crippen LogP contribution in [0.4, 0.5) is 0 Å². The van der Waals surface area contributed by atoms with E-state index in [1.54, 1.807) is 18.5 Å². The Hall–Kier alpha value is -3.54. The highest BCUT2D eigenvalue weighted by molar-refractivity contribution is 6.00. The first-order valence-electron chi connectivity index (χ1n) is 12.0. The molecule has 6 heteroatoms. The van der Waals surface area contributed by atoms with Crippen molar-refractivity contribution >= 4 is 17.0 Å². The number of oxazole rings is 1. The lowest BCUT2D eigenvalue weighted by Gasteiger charge is -2.40. The fourth-order valence-corrected chi connectivity index (χ4v) is 5.03. The highest BCUT2D eigenvalue weighted by Gasteiger charge is 2.33. The lowest BCUT2D eigenvalue weighted by Crippen LogP contribution is -2.48. The van der Waals surface area contributed by atoms with Gasteiger partial charge in [-0.05, 0) is 68.9 Å². The predicted octanol–water partition coefficient (Wildman–Crippen LogP) is 5.78. The monoisotopic (exact) mass is 454 g/mol. The molecule has 1 amide bonds. The summed E-state index contributed by atoms with van der Waals surface area (Å²) in [6.45, 7) is 7.07. The SMILES string of the molecule is Cc1ccc(-c2ncccn2)c(C(=O)N2CCC[C@@H](C)[C@H]2CCc2nc3cc(C)ccc3o2)c1. The fourth-order valence-electron chi connectivity index (χ4n) is 5.03. The topological polar surface area (TPSA) is 72.1 Å². The highest BCUT2D eigenvalue weighted by atomic mass is 16.3. The molecule has 1 aliphatic heterocycles. The smallest absolute Gasteiger partial charge is 0.254 e. The van der Waals surface area contributed by atoms with Gasteiger partial charge < -0.3 is 9.32 Å². The van der Waals surface area contributed by atoms with Crippen LogP contribution in [0.1, 0.15) is 53.6 Å². The van der Waals surface area contributed by atoms with Gasteiger partial charge in [0, 0.05) is 37.0 Å². The summed E-state index contributed by atoms with van der Waals surface area (Å²) in [5.41, 5.74) is 5.38. The predicted molar refractivity (Wildman–Crippen MR) is 132 cm³/mol. The molecule has 0 bridgehead atoms. The summed E-state index contributed by atoms with van der Waals surface area (Å²) in [6.07, 6.45) is 7.07. The number of carbonyl (C=O) groups excluding carboxylic acids is 1. The molecule has 174 valence electrons. The van der Waals surface area contributed by atoms with Gasteiger partial charge in [-0.2, -0.15) is 0 Å². The minimum Gasteiger partial charge on any atom is -0.441 e. The van der Waals surface area contributed by atoms with E-state index in [0.29, 0.717) is 23.7 Å². The zero-order chi connectivity index (χ0) is 23.7. The van der Waals surface area contributed by atoms with Gasteiger partial charge in [0.15, 0.2) is 17.3 Å². The van der Waals surface area contributed by atoms with Gasteiger partial charge in [0.1, 0.15) is 5.52 Å². The zero-order valence-electron chi connectivity index (χ0n) is 20.0. The molecule has 2 aromatic carbocycles. The maximum absolute atomic E-state index is 13.9. The number of aryl methyl sites for hydroxylation is 3. The van der Waals surface area contributed by atoms with Crippen LogP contribution in [0.5, 0.6) is 0 Å². The van der Waals surface area contributed by atoms with E-state index in [-0.39, 0.29) is 11.9 Å². The van der Waals surface area contributed by atoms with Crippen molar-refractivity contribution in [3.63, 3.8) is 0 Å². The van der Waals surface area contributed by atoms with E-state index < -0.39 is 0 Å². The number of aromatic nitrogens is 3. The Bertz CT molecular complexity index is 1310. The first-order valence-corrected chi connectivity index (χ1v) is 12.0. The molecule has 3 heterocycles. The number of rotatable bonds is 5. The fraction of sp³-hybridized carbons (Fsp3) is 0.357. The summed E-state index contributed by atoms with van der Waals surface area (Å²) in [6, 6.07) is 13.9. The van der Waals surface area contributed by atoms with Gasteiger partial charge in [0.05, 0.1) is 5.56 Å². The Morgan fingerprint density at radius 3 is 2.68 bits per heavy atom. The molecule has 1 aliphatic rings. The summed E-state index contributed by atoms with van der Waals surface area (Å²) in [7, 11) is 0. The van der Waals surface area contributed by atoms with Gasteiger partial charge in [-0.25, -0.2) is 15.0 Å². The standard InChI is InChI=1S/C28H30N4O2/c1-18-7-9-21(27-29-13-5-14-30-27)22(16-18)28(33)32-15-4-6-20(3)24(32)10-12-26-31-23-17-19(2)8-11-25(23)34-26/h5,7-9,11,13-14,16-17,20,24H,4,6,10,12,15H2,1-3H3/t20-,24-/m1/s1. The van der Waals surface area contributed by atoms with Crippen molar-refractivity contribution in [2.24, 2.45) is 5.92 Å². The molecule has 0 aliphatic carbocycles. The third-order valence-electron chi connectivity index (χ3n) is 6.83. The van der Waals surface area contributed by atoms with Crippen molar-refractivity contribution in [1.82, 2.24) is 19.9 Å². The van der Waals surface area contributed by atoms with Crippen molar-refractivity contribution in [2.45, 2.75) is 52.5 Å². The maximum atomic E-state index is 13.9. The first-order chi connectivity index (χ1) is 16.5. The van der Waals surface area contributed by atoms with Gasteiger partial charge in [-0.15, -0.1) is 0 Å². The number of likely N-dealkylation sites (tertiary alicyclic amines) is 1. The van der Waals surface area contributed by atoms with Crippen LogP contribution in [-0.2, 0) is 6.42 Å². The Kier molecular flexibility index (Phi) is 6.14. The summed E-state index contributed by atoms with van der Waals surface area (Å²) in [5.74, 6) is 1.77. The second kappa shape index (κ2) is 9.37. The minimum atomic E-state index is 0.0518. The largest absolute Gasteiger partial charge is 0.441 e. The van der Waals surface area contributed by atoms with E-state index in [0.717, 1.165) is 53.9 Å². The molecule has 0 radical (unpaired) electrons. The average Bonchev–Trinajstić information content (AvgIpc) is 3.25. The molecule has 0 N–H and O–H groups in total. The molecule has 1 saturated heterocycles. The molecular weight excluding hydrogens is 424 g/mol. The average molecular weight is 455 g/mol. The first kappa shape index (κ1) is 22.3. The van der Waals surface area contributed by atoms with Gasteiger partial charge in [0.2, 0.25) is 0 Å². The van der Waals surface area contributed by atoms with Crippen LogP contribution in [0.25, 0.3) is 22.5 Å². The summed E-state index contributed by atoms with van der Waals surface area (Å²) >= 11 is 0. The molecule has 0 unspecified atom stereocenters. The Labute approximate surface area is 200 Å². The third kappa shape index (κ3) is 4.45. The van der Waals surface area contributed by atoms with Crippen LogP contribution in [0.2, 0.25) is 0 Å². The molecule has 0 spiro atoms. The van der Waals surface area contributed by atoms with Gasteiger partial charge in [0.25, 0.3) is 5.91 Å². The van der Waals surface area contributed by atoms with Crippen LogP contribution >= 0.6 is 0 Å². The van der Waals surface area contributed by atoms with Crippen molar-refractivity contribution in [3.05, 3.63) is 77.4 Å². The van der Waals surface area contributed by atoms with E-state index in [4.69, 9.17) is 4.42 Å². The molecule has 1 fully saturated rings. The summed E-state index contributed by atoms with van der Waals surface area (Å²) < 4.78 is 5.99. The van der Waals surface area contributed by atoms with E-state index in [9.17, 15) is 4.79 Å². The number of nitrogens with zero attached hydrogens (tertiary/aromatic N) is 4. The minimum absolute atomic E-state index is 0.0518. The highest BCUT2D eigenvalue weighted by Crippen LogP contribution is 2.31. The molecule has 6 nitrogen and oxygen atoms in total. The Balaban J connectivity index is 1.41. The van der Waals surface area contributed by atoms with Crippen LogP contribution in [-0.4, -0.2) is 38.3 Å². The normalized spacial score (nSPS) is 18.4. The molecular formula is C28H30N4O2. The summed E-state index contributed by atoms with van der Waals surface area (Å²) in [4.78, 5) is 29.5. The quantitative estimate of drug-likeness (QED) is 0.382. The summed E-state index contributed by atoms with van der Waals surface area (Å²) in [5, 5.41) is 0. The van der Waals surface area contributed by atoms with E-state index in [1.807, 2.05) is 43.3 Å². The zero-order valence-corrected chi connectivity index (χ0v) is 20.0. The van der Waals surface area contributed by atoms with Gasteiger partial charge in [-0.1, -0.05) is 30.7 Å². The van der Waals surface area contributed by atoms with Crippen molar-refractivity contribution < 1.29 is 9.21 Å². The number of hydrogen-bond donors (Lipinski definition) is 0. The number of hydrogen-bond acceptors (Lipinski definition) is 5. The van der Waals surface area contributed by atoms with E-state index in [1.165, 1.54) is 5.56 Å². The van der Waals surface area contributed by atoms with Gasteiger partial charge >= 0.3 is 0 Å². The second-order valence-electron chi connectivity index (χ2n) is 9.42. The lowest BCUT2D eigenvalue weighted by atomic mass is 9.87. The molecule has 0 saturated carbocycles. The third-order valence-corrected chi connectivity index (χ3v) is 6.83. The molecule has 2 aromatic heterocycles. The number of piperidine rings is 1. The second-order valence-corrected chi connectivity index (χ2v) is 9.42. The molecule has 5 rings (SSSR count). The van der Waals surface area contributed by atoms with Crippen molar-refractivity contribution in [2.75, 3.05) is 6.54 Å². The number of benzene rings is 2. The van der Waals surface area contributed by atoms with Crippen molar-refractivity contribution in [3.8, 4) is 11.4 Å². The number of amides is 1. The van der Waals surface area contributed by atoms with Crippen LogP contribution in [0.15, 0.2) is 59.3 Å². The lowest BCUT2D eigenvalue weighted by molar-refractivity contribution is 0.0496. The van der Waals surface area contributed by atoms with Gasteiger partial charge in [-0.3, -0.25) is 4.79 Å². The molecule has 2 atom stereocenters. The maximum Gasteiger partial charge on any atom is 0.254 e. The van der Waals surface area contributed by atoms with Crippen molar-refractivity contribution in [1.29, 1.82) is 0 Å². The van der Waals surface area contributed by atoms with Crippen LogP contribution in [0.3, 0.4) is 0 Å². The van der Waals surface area contributed by atoms with Crippen LogP contribution in [0, 0.1) is 19.8 Å². The number of fused-ring (bicyclic) bond motifs is 1. The number of carbonyl (C=O) groups is 1. The Morgan fingerprint density at radius 2 is 1.85 bits per heavy atom. The molecule has 4 aromatic rings. The Morgan fingerprint density at radius 1 is 1.09 bits per heavy atom. The van der Waals surface area contributed by atoms with E-state index >= 15 is 0 Å².